The van der Waals surface area contributed by atoms with Gasteiger partial charge in [-0.2, -0.15) is 10.2 Å². The van der Waals surface area contributed by atoms with Gasteiger partial charge < -0.3 is 0 Å². The van der Waals surface area contributed by atoms with E-state index in [1.165, 1.54) is 34.7 Å². The molecule has 1 heterocycles. The fourth-order valence-corrected chi connectivity index (χ4v) is 3.87. The van der Waals surface area contributed by atoms with Crippen LogP contribution in [-0.4, -0.2) is 21.8 Å². The van der Waals surface area contributed by atoms with Gasteiger partial charge in [0.05, 0.1) is 5.71 Å². The van der Waals surface area contributed by atoms with E-state index in [1.807, 2.05) is 13.0 Å². The van der Waals surface area contributed by atoms with Gasteiger partial charge in [0.15, 0.2) is 5.69 Å². The quantitative estimate of drug-likeness (QED) is 0.560. The largest absolute Gasteiger partial charge is 0.291 e. The third-order valence-corrected chi connectivity index (χ3v) is 5.44. The van der Waals surface area contributed by atoms with E-state index >= 15 is 0 Å². The zero-order chi connectivity index (χ0) is 17.7. The van der Waals surface area contributed by atoms with Gasteiger partial charge in [-0.1, -0.05) is 30.3 Å². The molecule has 2 aliphatic carbocycles. The van der Waals surface area contributed by atoms with Crippen LogP contribution in [0.5, 0.6) is 0 Å². The Balaban J connectivity index is 1.41. The van der Waals surface area contributed by atoms with Crippen LogP contribution in [0.25, 0.3) is 10.8 Å². The number of amides is 1. The van der Waals surface area contributed by atoms with Crippen molar-refractivity contribution < 1.29 is 4.79 Å². The molecule has 5 heteroatoms. The molecule has 0 saturated heterocycles. The van der Waals surface area contributed by atoms with Gasteiger partial charge in [-0.05, 0) is 60.6 Å². The van der Waals surface area contributed by atoms with E-state index in [0.717, 1.165) is 29.8 Å². The number of hydrogen-bond acceptors (Lipinski definition) is 3. The minimum atomic E-state index is -0.279. The Bertz CT molecular complexity index is 1050. The van der Waals surface area contributed by atoms with Gasteiger partial charge in [0.25, 0.3) is 5.91 Å². The van der Waals surface area contributed by atoms with Crippen molar-refractivity contribution in [1.29, 1.82) is 0 Å². The Morgan fingerprint density at radius 1 is 1.19 bits per heavy atom. The molecular weight excluding hydrogens is 324 g/mol. The molecule has 0 spiro atoms. The van der Waals surface area contributed by atoms with Crippen LogP contribution in [0, 0.1) is 0 Å². The Morgan fingerprint density at radius 3 is 2.81 bits per heavy atom. The molecule has 1 saturated carbocycles. The number of aromatic amines is 1. The number of nitrogens with one attached hydrogen (secondary N) is 2. The predicted octanol–water partition coefficient (Wildman–Crippen LogP) is 3.69. The summed E-state index contributed by atoms with van der Waals surface area (Å²) in [4.78, 5) is 12.3. The fourth-order valence-electron chi connectivity index (χ4n) is 3.87. The standard InChI is InChI=1S/C21H20N4O/c1-12(22-25-21(26)19-11-18(23-24-19)13-5-6-13)16-10-9-15-8-7-14-3-2-4-17(16)20(14)15/h2-4,9-11,13H,5-8H2,1H3,(H,23,24)(H,25,26)/b22-12-. The number of aryl methyl sites for hydroxylation is 2. The van der Waals surface area contributed by atoms with E-state index in [0.29, 0.717) is 11.6 Å². The first-order chi connectivity index (χ1) is 12.7. The molecule has 5 rings (SSSR count). The lowest BCUT2D eigenvalue weighted by Crippen LogP contribution is -2.19. The smallest absolute Gasteiger partial charge is 0.281 e. The van der Waals surface area contributed by atoms with Gasteiger partial charge in [-0.3, -0.25) is 9.89 Å². The monoisotopic (exact) mass is 344 g/mol. The molecule has 0 aliphatic heterocycles. The number of H-pyrrole nitrogens is 1. The summed E-state index contributed by atoms with van der Waals surface area (Å²) in [5.41, 5.74) is 8.75. The molecule has 2 N–H and O–H groups in total. The highest BCUT2D eigenvalue weighted by atomic mass is 16.2. The molecule has 1 amide bonds. The summed E-state index contributed by atoms with van der Waals surface area (Å²) >= 11 is 0. The van der Waals surface area contributed by atoms with Gasteiger partial charge in [0, 0.05) is 17.2 Å². The second-order valence-electron chi connectivity index (χ2n) is 7.23. The molecular formula is C21H20N4O. The van der Waals surface area contributed by atoms with Crippen LogP contribution in [0.15, 0.2) is 41.5 Å². The molecule has 130 valence electrons. The molecule has 1 fully saturated rings. The second-order valence-corrected chi connectivity index (χ2v) is 7.23. The molecule has 26 heavy (non-hydrogen) atoms. The Morgan fingerprint density at radius 2 is 2.00 bits per heavy atom. The zero-order valence-electron chi connectivity index (χ0n) is 14.7. The van der Waals surface area contributed by atoms with Gasteiger partial charge in [-0.15, -0.1) is 0 Å². The third-order valence-electron chi connectivity index (χ3n) is 5.44. The first kappa shape index (κ1) is 15.3. The van der Waals surface area contributed by atoms with E-state index in [4.69, 9.17) is 0 Å². The number of carbonyl (C=O) groups excluding carboxylic acids is 1. The van der Waals surface area contributed by atoms with E-state index < -0.39 is 0 Å². The molecule has 0 atom stereocenters. The topological polar surface area (TPSA) is 70.1 Å². The van der Waals surface area contributed by atoms with Crippen LogP contribution in [0.4, 0.5) is 0 Å². The summed E-state index contributed by atoms with van der Waals surface area (Å²) in [5.74, 6) is 0.265. The average molecular weight is 344 g/mol. The zero-order valence-corrected chi connectivity index (χ0v) is 14.7. The Kier molecular flexibility index (Phi) is 3.42. The normalized spacial score (nSPS) is 16.3. The molecule has 2 aliphatic rings. The fraction of sp³-hybridized carbons (Fsp3) is 0.286. The molecule has 1 aromatic heterocycles. The van der Waals surface area contributed by atoms with Crippen LogP contribution in [-0.2, 0) is 12.8 Å². The van der Waals surface area contributed by atoms with Crippen LogP contribution < -0.4 is 5.43 Å². The first-order valence-corrected chi connectivity index (χ1v) is 9.14. The second kappa shape index (κ2) is 5.80. The van der Waals surface area contributed by atoms with Gasteiger partial charge in [0.2, 0.25) is 0 Å². The summed E-state index contributed by atoms with van der Waals surface area (Å²) in [6.07, 6.45) is 4.55. The summed E-state index contributed by atoms with van der Waals surface area (Å²) in [5, 5.41) is 14.0. The van der Waals surface area contributed by atoms with Crippen molar-refractivity contribution in [2.45, 2.75) is 38.5 Å². The summed E-state index contributed by atoms with van der Waals surface area (Å²) in [6, 6.07) is 12.6. The number of rotatable bonds is 4. The highest BCUT2D eigenvalue weighted by Crippen LogP contribution is 2.39. The highest BCUT2D eigenvalue weighted by Gasteiger charge is 2.26. The summed E-state index contributed by atoms with van der Waals surface area (Å²) < 4.78 is 0. The third kappa shape index (κ3) is 2.51. The van der Waals surface area contributed by atoms with Gasteiger partial charge in [-0.25, -0.2) is 5.43 Å². The lowest BCUT2D eigenvalue weighted by atomic mass is 9.98. The lowest BCUT2D eigenvalue weighted by molar-refractivity contribution is 0.0950. The maximum atomic E-state index is 12.3. The van der Waals surface area contributed by atoms with Crippen LogP contribution >= 0.6 is 0 Å². The summed E-state index contributed by atoms with van der Waals surface area (Å²) in [6.45, 7) is 1.93. The molecule has 3 aromatic rings. The molecule has 0 bridgehead atoms. The van der Waals surface area contributed by atoms with Crippen LogP contribution in [0.2, 0.25) is 0 Å². The number of aromatic nitrogens is 2. The van der Waals surface area contributed by atoms with Gasteiger partial charge in [0.1, 0.15) is 0 Å². The van der Waals surface area contributed by atoms with Crippen molar-refractivity contribution in [2.24, 2.45) is 5.10 Å². The van der Waals surface area contributed by atoms with Crippen molar-refractivity contribution in [1.82, 2.24) is 15.6 Å². The van der Waals surface area contributed by atoms with Gasteiger partial charge >= 0.3 is 0 Å². The number of benzene rings is 2. The average Bonchev–Trinajstić information content (AvgIpc) is 3.24. The minimum Gasteiger partial charge on any atom is -0.281 e. The molecule has 2 aromatic carbocycles. The van der Waals surface area contributed by atoms with Crippen molar-refractivity contribution in [3.63, 3.8) is 0 Å². The number of nitrogens with zero attached hydrogens (tertiary/aromatic N) is 2. The van der Waals surface area contributed by atoms with Crippen LogP contribution in [0.1, 0.15) is 58.6 Å². The highest BCUT2D eigenvalue weighted by molar-refractivity contribution is 6.11. The van der Waals surface area contributed by atoms with Crippen molar-refractivity contribution in [2.75, 3.05) is 0 Å². The number of hydrogen-bond donors (Lipinski definition) is 2. The Labute approximate surface area is 151 Å². The lowest BCUT2D eigenvalue weighted by Gasteiger charge is -2.09. The maximum Gasteiger partial charge on any atom is 0.291 e. The molecule has 5 nitrogen and oxygen atoms in total. The number of carbonyl (C=O) groups is 1. The Hall–Kier alpha value is -2.95. The SMILES string of the molecule is C/C(=N/NC(=O)c1cc(C2CC2)[nH]n1)c1ccc2c3c(cccc13)CC2. The first-order valence-electron chi connectivity index (χ1n) is 9.14. The van der Waals surface area contributed by atoms with E-state index in [9.17, 15) is 4.79 Å². The number of hydrazone groups is 1. The van der Waals surface area contributed by atoms with Crippen LogP contribution in [0.3, 0.4) is 0 Å². The maximum absolute atomic E-state index is 12.3. The van der Waals surface area contributed by atoms with Crippen molar-refractivity contribution in [3.8, 4) is 0 Å². The van der Waals surface area contributed by atoms with E-state index in [1.54, 1.807) is 0 Å². The van der Waals surface area contributed by atoms with E-state index in [2.05, 4.69) is 51.1 Å². The summed E-state index contributed by atoms with van der Waals surface area (Å²) in [7, 11) is 0. The van der Waals surface area contributed by atoms with E-state index in [-0.39, 0.29) is 5.91 Å². The van der Waals surface area contributed by atoms with Crippen molar-refractivity contribution in [3.05, 3.63) is 64.5 Å². The molecule has 0 unspecified atom stereocenters. The predicted molar refractivity (Wildman–Crippen MR) is 102 cm³/mol. The van der Waals surface area contributed by atoms with Crippen molar-refractivity contribution >= 4 is 22.4 Å². The minimum absolute atomic E-state index is 0.279. The molecule has 0 radical (unpaired) electrons.